The Kier molecular flexibility index (Phi) is 2.51. The number of rotatable bonds is 0. The van der Waals surface area contributed by atoms with Gasteiger partial charge in [0.25, 0.3) is 0 Å². The van der Waals surface area contributed by atoms with Gasteiger partial charge in [0.2, 0.25) is 0 Å². The Hall–Kier alpha value is -0.450. The third kappa shape index (κ3) is 1.63. The Bertz CT molecular complexity index is 113. The second-order valence-corrected chi connectivity index (χ2v) is 0.987. The van der Waals surface area contributed by atoms with Crippen LogP contribution in [0, 0.1) is 6.92 Å². The van der Waals surface area contributed by atoms with Gasteiger partial charge in [0.05, 0.1) is 0 Å². The van der Waals surface area contributed by atoms with E-state index in [1.165, 1.54) is 0 Å². The Balaban J connectivity index is 0.000000360. The molecule has 40 valence electrons. The predicted octanol–water partition coefficient (Wildman–Crippen LogP) is 0.0860. The van der Waals surface area contributed by atoms with Crippen molar-refractivity contribution in [3.05, 3.63) is 5.82 Å². The largest absolute Gasteiger partial charge is 0.243 e. The van der Waals surface area contributed by atoms with Crippen LogP contribution in [0.15, 0.2) is 0 Å². The van der Waals surface area contributed by atoms with Crippen molar-refractivity contribution in [2.24, 2.45) is 0 Å². The topological polar surface area (TPSA) is 54.5 Å². The minimum Gasteiger partial charge on any atom is -0.243 e. The second-order valence-electron chi connectivity index (χ2n) is 0.987. The van der Waals surface area contributed by atoms with Crippen molar-refractivity contribution >= 4 is 17.0 Å². The molecule has 7 heavy (non-hydrogen) atoms. The molecule has 0 unspecified atom stereocenters. The van der Waals surface area contributed by atoms with Gasteiger partial charge in [-0.05, 0) is 17.4 Å². The van der Waals surface area contributed by atoms with E-state index in [-0.39, 0.29) is 17.0 Å². The quantitative estimate of drug-likeness (QED) is 0.592. The molecule has 1 N–H and O–H groups in total. The predicted molar refractivity (Wildman–Crippen MR) is 29.2 cm³/mol. The molecule has 4 nitrogen and oxygen atoms in total. The molecule has 0 aliphatic carbocycles. The standard InChI is InChI=1S/C2H4N4.BrH/c1-2-3-5-6-4-2;/h1H3,(H,3,4,5,6);1H. The number of H-pyrrole nitrogens is 1. The number of nitrogens with one attached hydrogen (secondary N) is 1. The summed E-state index contributed by atoms with van der Waals surface area (Å²) in [6, 6.07) is 0. The molecule has 1 rings (SSSR count). The van der Waals surface area contributed by atoms with Crippen molar-refractivity contribution in [3.8, 4) is 0 Å². The molecule has 0 amide bonds. The van der Waals surface area contributed by atoms with E-state index >= 15 is 0 Å². The summed E-state index contributed by atoms with van der Waals surface area (Å²) >= 11 is 0. The summed E-state index contributed by atoms with van der Waals surface area (Å²) in [4.78, 5) is 0. The Morgan fingerprint density at radius 3 is 2.43 bits per heavy atom. The number of tetrazole rings is 1. The average molecular weight is 165 g/mol. The molecule has 0 fully saturated rings. The first-order valence-corrected chi connectivity index (χ1v) is 1.60. The van der Waals surface area contributed by atoms with Crippen LogP contribution in [0.3, 0.4) is 0 Å². The van der Waals surface area contributed by atoms with Crippen molar-refractivity contribution in [1.29, 1.82) is 0 Å². The molecule has 0 saturated heterocycles. The van der Waals surface area contributed by atoms with E-state index in [0.717, 1.165) is 5.82 Å². The van der Waals surface area contributed by atoms with E-state index in [1.807, 2.05) is 0 Å². The third-order valence-electron chi connectivity index (χ3n) is 0.451. The minimum atomic E-state index is 0. The molecular formula is C2H5BrN4. The van der Waals surface area contributed by atoms with Crippen LogP contribution in [0.5, 0.6) is 0 Å². The highest BCUT2D eigenvalue weighted by molar-refractivity contribution is 8.93. The van der Waals surface area contributed by atoms with Crippen LogP contribution in [-0.2, 0) is 0 Å². The lowest BCUT2D eigenvalue weighted by atomic mass is 10.8. The molecule has 0 radical (unpaired) electrons. The van der Waals surface area contributed by atoms with Gasteiger partial charge in [-0.15, -0.1) is 22.1 Å². The van der Waals surface area contributed by atoms with Gasteiger partial charge in [0.1, 0.15) is 5.82 Å². The van der Waals surface area contributed by atoms with Crippen LogP contribution >= 0.6 is 17.0 Å². The zero-order chi connectivity index (χ0) is 4.41. The highest BCUT2D eigenvalue weighted by atomic mass is 79.9. The molecule has 0 atom stereocenters. The zero-order valence-electron chi connectivity index (χ0n) is 3.75. The molecule has 0 bridgehead atoms. The van der Waals surface area contributed by atoms with Gasteiger partial charge in [0, 0.05) is 0 Å². The van der Waals surface area contributed by atoms with Crippen LogP contribution in [0.25, 0.3) is 0 Å². The van der Waals surface area contributed by atoms with Gasteiger partial charge in [-0.25, -0.2) is 5.10 Å². The fraction of sp³-hybridized carbons (Fsp3) is 0.500. The summed E-state index contributed by atoms with van der Waals surface area (Å²) in [5.41, 5.74) is 0. The number of aromatic nitrogens is 4. The zero-order valence-corrected chi connectivity index (χ0v) is 5.46. The van der Waals surface area contributed by atoms with Gasteiger partial charge >= 0.3 is 0 Å². The molecular weight excluding hydrogens is 160 g/mol. The summed E-state index contributed by atoms with van der Waals surface area (Å²) in [6.07, 6.45) is 0. The molecule has 0 spiro atoms. The number of aromatic amines is 1. The molecule has 1 aromatic heterocycles. The third-order valence-corrected chi connectivity index (χ3v) is 0.451. The lowest BCUT2D eigenvalue weighted by molar-refractivity contribution is 0.881. The summed E-state index contributed by atoms with van der Waals surface area (Å²) in [5.74, 6) is 0.745. The molecule has 1 heterocycles. The number of halogens is 1. The van der Waals surface area contributed by atoms with Crippen LogP contribution in [0.4, 0.5) is 0 Å². The van der Waals surface area contributed by atoms with Crippen molar-refractivity contribution in [3.63, 3.8) is 0 Å². The fourth-order valence-electron chi connectivity index (χ4n) is 0.207. The lowest BCUT2D eigenvalue weighted by Gasteiger charge is -1.62. The van der Waals surface area contributed by atoms with Crippen molar-refractivity contribution in [1.82, 2.24) is 20.6 Å². The van der Waals surface area contributed by atoms with E-state index in [4.69, 9.17) is 0 Å². The first kappa shape index (κ1) is 6.55. The first-order chi connectivity index (χ1) is 2.89. The summed E-state index contributed by atoms with van der Waals surface area (Å²) in [7, 11) is 0. The van der Waals surface area contributed by atoms with Gasteiger partial charge in [-0.2, -0.15) is 0 Å². The van der Waals surface area contributed by atoms with E-state index in [2.05, 4.69) is 20.6 Å². The molecule has 1 aromatic rings. The Morgan fingerprint density at radius 1 is 1.57 bits per heavy atom. The van der Waals surface area contributed by atoms with E-state index < -0.39 is 0 Å². The molecule has 0 aliphatic heterocycles. The van der Waals surface area contributed by atoms with Gasteiger partial charge in [-0.3, -0.25) is 0 Å². The normalized spacial score (nSPS) is 7.57. The number of aryl methyl sites for hydroxylation is 1. The van der Waals surface area contributed by atoms with E-state index in [9.17, 15) is 0 Å². The number of hydrogen-bond acceptors (Lipinski definition) is 3. The average Bonchev–Trinajstić information content (AvgIpc) is 1.86. The Labute approximate surface area is 51.1 Å². The van der Waals surface area contributed by atoms with Crippen molar-refractivity contribution in [2.45, 2.75) is 6.92 Å². The molecule has 0 saturated carbocycles. The van der Waals surface area contributed by atoms with Gasteiger partial charge in [0.15, 0.2) is 0 Å². The molecule has 0 aromatic carbocycles. The Morgan fingerprint density at radius 2 is 2.29 bits per heavy atom. The van der Waals surface area contributed by atoms with E-state index in [1.54, 1.807) is 6.92 Å². The molecule has 5 heteroatoms. The summed E-state index contributed by atoms with van der Waals surface area (Å²) < 4.78 is 0. The maximum absolute atomic E-state index is 3.50. The van der Waals surface area contributed by atoms with Crippen LogP contribution in [-0.4, -0.2) is 20.6 Å². The monoisotopic (exact) mass is 164 g/mol. The van der Waals surface area contributed by atoms with Gasteiger partial charge < -0.3 is 0 Å². The highest BCUT2D eigenvalue weighted by Gasteiger charge is 1.77. The van der Waals surface area contributed by atoms with Crippen LogP contribution in [0.1, 0.15) is 5.82 Å². The molecule has 0 aliphatic rings. The van der Waals surface area contributed by atoms with Crippen LogP contribution in [0.2, 0.25) is 0 Å². The fourth-order valence-corrected chi connectivity index (χ4v) is 0.207. The van der Waals surface area contributed by atoms with Crippen molar-refractivity contribution in [2.75, 3.05) is 0 Å². The summed E-state index contributed by atoms with van der Waals surface area (Å²) in [6.45, 7) is 1.79. The van der Waals surface area contributed by atoms with E-state index in [0.29, 0.717) is 0 Å². The SMILES string of the molecule is Br.Cc1nnn[nH]1. The minimum absolute atomic E-state index is 0. The summed E-state index contributed by atoms with van der Waals surface area (Å²) in [5, 5.41) is 12.6. The van der Waals surface area contributed by atoms with Crippen LogP contribution < -0.4 is 0 Å². The lowest BCUT2D eigenvalue weighted by Crippen LogP contribution is -1.69. The van der Waals surface area contributed by atoms with Crippen molar-refractivity contribution < 1.29 is 0 Å². The first-order valence-electron chi connectivity index (χ1n) is 1.60. The van der Waals surface area contributed by atoms with Gasteiger partial charge in [-0.1, -0.05) is 0 Å². The number of nitrogens with zero attached hydrogens (tertiary/aromatic N) is 3. The maximum Gasteiger partial charge on any atom is 0.145 e. The smallest absolute Gasteiger partial charge is 0.145 e. The number of hydrogen-bond donors (Lipinski definition) is 1. The second kappa shape index (κ2) is 2.68. The maximum atomic E-state index is 3.50. The highest BCUT2D eigenvalue weighted by Crippen LogP contribution is 1.69.